The number of ether oxygens (including phenoxy) is 1. The molecule has 2 bridgehead atoms. The summed E-state index contributed by atoms with van der Waals surface area (Å²) in [6, 6.07) is 8.86. The number of esters is 1. The smallest absolute Gasteiger partial charge is 0.313 e. The third-order valence-electron chi connectivity index (χ3n) is 24.0. The van der Waals surface area contributed by atoms with Crippen molar-refractivity contribution in [3.05, 3.63) is 76.8 Å². The second-order valence-electron chi connectivity index (χ2n) is 28.5. The van der Waals surface area contributed by atoms with Crippen molar-refractivity contribution < 1.29 is 49.8 Å². The summed E-state index contributed by atoms with van der Waals surface area (Å²) < 4.78 is 5.99. The van der Waals surface area contributed by atoms with E-state index in [0.29, 0.717) is 54.6 Å². The van der Waals surface area contributed by atoms with Crippen LogP contribution in [0.4, 0.5) is 0 Å². The number of aliphatic imine (C=N–C) groups is 1. The van der Waals surface area contributed by atoms with Crippen LogP contribution < -0.4 is 16.8 Å². The molecule has 21 atom stereocenters. The number of carbonyl (C=O) groups is 3. The number of nitrogens with one attached hydrogen (secondary N) is 2. The molecule has 2 aliphatic heterocycles. The lowest BCUT2D eigenvalue weighted by Crippen LogP contribution is -2.71. The molecule has 2 saturated heterocycles. The number of hydrogen-bond acceptors (Lipinski definition) is 14. The van der Waals surface area contributed by atoms with Gasteiger partial charge in [-0.15, -0.1) is 5.92 Å². The van der Waals surface area contributed by atoms with E-state index in [2.05, 4.69) is 60.9 Å². The number of aliphatic hydroxyl groups is 5. The van der Waals surface area contributed by atoms with Gasteiger partial charge in [0.25, 0.3) is 0 Å². The first kappa shape index (κ1) is 62.3. The molecule has 85 heavy (non-hydrogen) atoms. The molecule has 3 heterocycles. The van der Waals surface area contributed by atoms with Crippen LogP contribution in [0, 0.1) is 93.2 Å². The number of aromatic amines is 1. The van der Waals surface area contributed by atoms with Gasteiger partial charge in [0, 0.05) is 83.7 Å². The van der Waals surface area contributed by atoms with E-state index < -0.39 is 75.3 Å². The molecule has 0 radical (unpaired) electrons. The van der Waals surface area contributed by atoms with E-state index in [1.807, 2.05) is 30.6 Å². The zero-order chi connectivity index (χ0) is 60.4. The molecule has 2 aromatic rings. The number of rotatable bonds is 10. The topological polar surface area (TPSA) is 274 Å². The van der Waals surface area contributed by atoms with Gasteiger partial charge in [-0.05, 0) is 166 Å². The standard InChI is InChI=1S/C68H95N5O10S2/c1-6-7-8-22-67-53-37-85-84-36-45(40-14-17-46(74)18-15-40)29-47(75)34-73-58(61(67)79)57-52(64(67,4)32-54(76)59(53)78)20-23-66(24-26-72-63(69)70)60-43(31-68(57,66)82)11-9-10-42(51-35-83-62(80)56(51)44-21-25-71-33-44)30-50-48(39(3)28-55(77)65(60,5)81)19-16-41-13-12-38(2)27-49(41)50/h14-18,21,25,33,38-39,42-43,45,48-56,59-60,71,73-74,76-78,81-82H,6-8,11-13,19-20,22-24,26-32,34-37H2,1-5H3,(H4,69,70,72). The molecule has 0 amide bonds. The fourth-order valence-corrected chi connectivity index (χ4v) is 22.8. The van der Waals surface area contributed by atoms with Crippen LogP contribution >= 0.6 is 21.6 Å². The summed E-state index contributed by atoms with van der Waals surface area (Å²) in [5.41, 5.74) is 8.93. The van der Waals surface area contributed by atoms with Gasteiger partial charge in [-0.25, -0.2) is 0 Å². The first-order chi connectivity index (χ1) is 40.6. The summed E-state index contributed by atoms with van der Waals surface area (Å²) in [5.74, 6) is 5.07. The molecular formula is C68H95N5O10S2. The molecule has 4 saturated carbocycles. The minimum atomic E-state index is -1.89. The van der Waals surface area contributed by atoms with Gasteiger partial charge in [0.2, 0.25) is 0 Å². The fourth-order valence-electron chi connectivity index (χ4n) is 20.0. The maximum Gasteiger partial charge on any atom is 0.313 e. The number of phenolic OH excluding ortho intramolecular Hbond substituents is 1. The number of fused-ring (bicyclic) bond motifs is 10. The Morgan fingerprint density at radius 3 is 2.44 bits per heavy atom. The number of ketones is 2. The summed E-state index contributed by atoms with van der Waals surface area (Å²) >= 11 is 0. The van der Waals surface area contributed by atoms with Crippen LogP contribution in [-0.2, 0) is 19.1 Å². The van der Waals surface area contributed by atoms with Crippen molar-refractivity contribution in [2.75, 3.05) is 31.2 Å². The van der Waals surface area contributed by atoms with Crippen LogP contribution in [0.1, 0.15) is 167 Å². The number of unbranched alkanes of at least 4 members (excludes halogenated alkanes) is 2. The summed E-state index contributed by atoms with van der Waals surface area (Å²) in [6.07, 6.45) is 11.9. The Morgan fingerprint density at radius 2 is 1.69 bits per heavy atom. The lowest BCUT2D eigenvalue weighted by Gasteiger charge is -2.67. The van der Waals surface area contributed by atoms with Crippen LogP contribution in [0.5, 0.6) is 5.75 Å². The highest BCUT2D eigenvalue weighted by Crippen LogP contribution is 2.75. The van der Waals surface area contributed by atoms with Gasteiger partial charge in [0.15, 0.2) is 17.5 Å². The Bertz CT molecular complexity index is 2950. The highest BCUT2D eigenvalue weighted by atomic mass is 33.1. The lowest BCUT2D eigenvalue weighted by atomic mass is 9.37. The van der Waals surface area contributed by atoms with Gasteiger partial charge < -0.3 is 57.1 Å². The lowest BCUT2D eigenvalue weighted by molar-refractivity contribution is -0.213. The van der Waals surface area contributed by atoms with E-state index in [0.717, 1.165) is 56.1 Å². The van der Waals surface area contributed by atoms with Crippen molar-refractivity contribution in [1.29, 1.82) is 0 Å². The van der Waals surface area contributed by atoms with Crippen molar-refractivity contribution in [1.82, 2.24) is 10.3 Å². The van der Waals surface area contributed by atoms with Crippen molar-refractivity contribution >= 4 is 45.1 Å². The van der Waals surface area contributed by atoms with Crippen LogP contribution in [0.15, 0.2) is 70.6 Å². The zero-order valence-electron chi connectivity index (χ0n) is 50.6. The largest absolute Gasteiger partial charge is 0.508 e. The second kappa shape index (κ2) is 24.6. The number of benzene rings is 1. The van der Waals surface area contributed by atoms with Crippen molar-refractivity contribution in [3.8, 4) is 17.6 Å². The van der Waals surface area contributed by atoms with Gasteiger partial charge in [0.1, 0.15) is 5.75 Å². The van der Waals surface area contributed by atoms with E-state index in [-0.39, 0.29) is 129 Å². The summed E-state index contributed by atoms with van der Waals surface area (Å²) in [4.78, 5) is 53.3. The van der Waals surface area contributed by atoms with Gasteiger partial charge in [-0.1, -0.05) is 98.2 Å². The van der Waals surface area contributed by atoms with Crippen LogP contribution in [0.2, 0.25) is 0 Å². The predicted molar refractivity (Wildman–Crippen MR) is 332 cm³/mol. The zero-order valence-corrected chi connectivity index (χ0v) is 52.3. The maximum atomic E-state index is 16.9. The number of cyclic esters (lactones) is 1. The number of Topliss-reactive ketones (excluding diaryl/α,β-unsaturated/α-hetero) is 2. The Balaban J connectivity index is 1.09. The third-order valence-corrected chi connectivity index (χ3v) is 26.5. The van der Waals surface area contributed by atoms with Crippen LogP contribution in [-0.4, -0.2) is 120 Å². The minimum absolute atomic E-state index is 0.0495. The SMILES string of the molecule is CCCCCC12C(=O)C3=C4C(CCC5(CCN=C(N)N)C6C(CC#CC(C7COC(=O)C7c7cc[nH]c7)CC7C8CC(C)CCC8=CCC7C(C)CC(O)C6(C)O)CC45O)C1(C)CC(O)C(O)C2CSSCC(c1ccc(O)cc1)CC(=O)CN3. The molecule has 464 valence electrons. The second-order valence-corrected chi connectivity index (χ2v) is 31.0. The van der Waals surface area contributed by atoms with Crippen LogP contribution in [0.3, 0.4) is 0 Å². The van der Waals surface area contributed by atoms with E-state index in [9.17, 15) is 40.2 Å². The number of hydrogen-bond donors (Lipinski definition) is 10. The number of nitrogens with zero attached hydrogens (tertiary/aromatic N) is 1. The Labute approximate surface area is 511 Å². The Morgan fingerprint density at radius 1 is 0.918 bits per heavy atom. The number of guanidine groups is 1. The molecule has 7 aliphatic carbocycles. The average molecular weight is 1210 g/mol. The number of nitrogens with two attached hydrogens (primary N) is 2. The van der Waals surface area contributed by atoms with Crippen molar-refractivity contribution in [2.45, 2.75) is 185 Å². The maximum absolute atomic E-state index is 16.9. The van der Waals surface area contributed by atoms with E-state index in [1.54, 1.807) is 40.6 Å². The molecule has 9 aliphatic rings. The number of H-pyrrole nitrogens is 1. The van der Waals surface area contributed by atoms with Gasteiger partial charge in [0.05, 0.1) is 54.3 Å². The van der Waals surface area contributed by atoms with Crippen LogP contribution in [0.25, 0.3) is 0 Å². The summed E-state index contributed by atoms with van der Waals surface area (Å²) in [6.45, 7) is 10.6. The fraction of sp³-hybridized carbons (Fsp3) is 0.706. The molecule has 12 N–H and O–H groups in total. The number of aromatic hydroxyl groups is 1. The molecule has 0 spiro atoms. The summed E-state index contributed by atoms with van der Waals surface area (Å²) in [7, 11) is 3.14. The third kappa shape index (κ3) is 10.8. The Hall–Kier alpha value is -4.28. The number of aliphatic hydroxyl groups excluding tert-OH is 3. The number of aromatic nitrogens is 1. The molecule has 6 fully saturated rings. The van der Waals surface area contributed by atoms with E-state index in [1.165, 1.54) is 5.57 Å². The minimum Gasteiger partial charge on any atom is -0.508 e. The number of carbonyl (C=O) groups excluding carboxylic acids is 3. The van der Waals surface area contributed by atoms with E-state index >= 15 is 4.79 Å². The quantitative estimate of drug-likeness (QED) is 0.0202. The number of phenols is 1. The highest BCUT2D eigenvalue weighted by Gasteiger charge is 2.77. The first-order valence-corrected chi connectivity index (χ1v) is 34.7. The average Bonchev–Trinajstić information content (AvgIpc) is 1.67. The molecule has 15 nitrogen and oxygen atoms in total. The van der Waals surface area contributed by atoms with E-state index in [4.69, 9.17) is 16.2 Å². The molecule has 1 aromatic carbocycles. The van der Waals surface area contributed by atoms with Crippen molar-refractivity contribution in [3.63, 3.8) is 0 Å². The molecule has 17 heteroatoms. The molecule has 11 rings (SSSR count). The monoisotopic (exact) mass is 1210 g/mol. The normalized spacial score (nSPS) is 43.0. The molecule has 1 aromatic heterocycles. The summed E-state index contributed by atoms with van der Waals surface area (Å²) in [5, 5.41) is 80.6. The Kier molecular flexibility index (Phi) is 18.0. The molecular weight excluding hydrogens is 1110 g/mol. The van der Waals surface area contributed by atoms with Gasteiger partial charge in [-0.2, -0.15) is 0 Å². The van der Waals surface area contributed by atoms with Gasteiger partial charge in [-0.3, -0.25) is 19.4 Å². The van der Waals surface area contributed by atoms with Crippen molar-refractivity contribution in [2.24, 2.45) is 97.8 Å². The highest BCUT2D eigenvalue weighted by molar-refractivity contribution is 8.76. The first-order valence-electron chi connectivity index (χ1n) is 32.2. The molecule has 21 unspecified atom stereocenters. The predicted octanol–water partition coefficient (Wildman–Crippen LogP) is 8.83. The number of allylic oxidation sites excluding steroid dienone is 3. The van der Waals surface area contributed by atoms with Gasteiger partial charge >= 0.3 is 5.97 Å².